The van der Waals surface area contributed by atoms with E-state index in [1.54, 1.807) is 0 Å². The van der Waals surface area contributed by atoms with Gasteiger partial charge < -0.3 is 5.32 Å². The van der Waals surface area contributed by atoms with Gasteiger partial charge in [-0.3, -0.25) is 4.98 Å². The number of nitrogens with one attached hydrogen (secondary N) is 1. The number of aromatic nitrogens is 1. The molecule has 2 nitrogen and oxygen atoms in total. The van der Waals surface area contributed by atoms with Gasteiger partial charge in [0.2, 0.25) is 0 Å². The van der Waals surface area contributed by atoms with E-state index in [2.05, 4.69) is 30.3 Å². The van der Waals surface area contributed by atoms with Crippen molar-refractivity contribution in [2.24, 2.45) is 5.92 Å². The molecule has 0 spiro atoms. The highest BCUT2D eigenvalue weighted by Crippen LogP contribution is 2.35. The maximum Gasteiger partial charge on any atom is 0.0607 e. The third-order valence-electron chi connectivity index (χ3n) is 3.78. The van der Waals surface area contributed by atoms with Crippen LogP contribution in [0.15, 0.2) is 18.3 Å². The number of nitrogens with zero attached hydrogens (tertiary/aromatic N) is 1. The molecule has 1 aromatic heterocycles. The summed E-state index contributed by atoms with van der Waals surface area (Å²) in [5.41, 5.74) is 2.67. The Bertz CT molecular complexity index is 329. The lowest BCUT2D eigenvalue weighted by molar-refractivity contribution is 0.380. The molecule has 1 aromatic rings. The second kappa shape index (κ2) is 5.44. The molecule has 1 N–H and O–H groups in total. The summed E-state index contributed by atoms with van der Waals surface area (Å²) in [5, 5.41) is 3.47. The fourth-order valence-electron chi connectivity index (χ4n) is 2.92. The van der Waals surface area contributed by atoms with E-state index in [0.29, 0.717) is 6.04 Å². The van der Waals surface area contributed by atoms with Crippen LogP contribution in [0.2, 0.25) is 0 Å². The summed E-state index contributed by atoms with van der Waals surface area (Å²) in [6, 6.07) is 4.71. The highest BCUT2D eigenvalue weighted by molar-refractivity contribution is 5.23. The van der Waals surface area contributed by atoms with Crippen LogP contribution in [0.5, 0.6) is 0 Å². The summed E-state index contributed by atoms with van der Waals surface area (Å²) in [6.45, 7) is 2.21. The van der Waals surface area contributed by atoms with Gasteiger partial charge in [-0.15, -0.1) is 0 Å². The van der Waals surface area contributed by atoms with Gasteiger partial charge in [-0.2, -0.15) is 0 Å². The van der Waals surface area contributed by atoms with Crippen molar-refractivity contribution in [3.63, 3.8) is 0 Å². The summed E-state index contributed by atoms with van der Waals surface area (Å²) in [4.78, 5) is 4.60. The Balaban J connectivity index is 2.24. The molecular formula is C14H22N2. The van der Waals surface area contributed by atoms with Gasteiger partial charge in [0.25, 0.3) is 0 Å². The maximum atomic E-state index is 4.60. The van der Waals surface area contributed by atoms with Gasteiger partial charge in [0, 0.05) is 6.20 Å². The second-order valence-electron chi connectivity index (χ2n) is 4.71. The van der Waals surface area contributed by atoms with Crippen molar-refractivity contribution >= 4 is 0 Å². The predicted molar refractivity (Wildman–Crippen MR) is 67.4 cm³/mol. The molecule has 16 heavy (non-hydrogen) atoms. The first kappa shape index (κ1) is 11.6. The van der Waals surface area contributed by atoms with E-state index in [1.807, 2.05) is 12.3 Å². The van der Waals surface area contributed by atoms with Crippen molar-refractivity contribution < 1.29 is 0 Å². The average molecular weight is 218 g/mol. The summed E-state index contributed by atoms with van der Waals surface area (Å²) >= 11 is 0. The predicted octanol–water partition coefficient (Wildman–Crippen LogP) is 3.09. The molecule has 2 heteroatoms. The first-order valence-electron chi connectivity index (χ1n) is 6.47. The number of hydrogen-bond donors (Lipinski definition) is 1. The Morgan fingerprint density at radius 1 is 1.44 bits per heavy atom. The molecule has 88 valence electrons. The van der Waals surface area contributed by atoms with Gasteiger partial charge in [0.05, 0.1) is 11.7 Å². The molecule has 1 aliphatic carbocycles. The monoisotopic (exact) mass is 218 g/mol. The zero-order valence-corrected chi connectivity index (χ0v) is 10.4. The Hall–Kier alpha value is -0.890. The van der Waals surface area contributed by atoms with Crippen LogP contribution in [0, 0.1) is 5.92 Å². The Kier molecular flexibility index (Phi) is 3.94. The van der Waals surface area contributed by atoms with Gasteiger partial charge in [-0.25, -0.2) is 0 Å². The van der Waals surface area contributed by atoms with E-state index in [9.17, 15) is 0 Å². The van der Waals surface area contributed by atoms with Crippen molar-refractivity contribution in [1.29, 1.82) is 0 Å². The van der Waals surface area contributed by atoms with Gasteiger partial charge in [0.1, 0.15) is 0 Å². The Morgan fingerprint density at radius 3 is 2.81 bits per heavy atom. The SMILES string of the molecule is CCc1cccnc1C(NC)C1CCCC1. The molecular weight excluding hydrogens is 196 g/mol. The summed E-state index contributed by atoms with van der Waals surface area (Å²) in [6.07, 6.45) is 8.48. The zero-order valence-electron chi connectivity index (χ0n) is 10.4. The van der Waals surface area contributed by atoms with Gasteiger partial charge in [-0.05, 0) is 43.9 Å². The molecule has 0 radical (unpaired) electrons. The zero-order chi connectivity index (χ0) is 11.4. The molecule has 1 fully saturated rings. The van der Waals surface area contributed by atoms with Crippen LogP contribution in [0.3, 0.4) is 0 Å². The molecule has 1 saturated carbocycles. The summed E-state index contributed by atoms with van der Waals surface area (Å²) in [5.74, 6) is 0.783. The lowest BCUT2D eigenvalue weighted by atomic mass is 9.92. The van der Waals surface area contributed by atoms with Crippen LogP contribution >= 0.6 is 0 Å². The molecule has 1 unspecified atom stereocenters. The van der Waals surface area contributed by atoms with Crippen LogP contribution in [0.4, 0.5) is 0 Å². The van der Waals surface area contributed by atoms with Crippen molar-refractivity contribution in [1.82, 2.24) is 10.3 Å². The van der Waals surface area contributed by atoms with E-state index in [4.69, 9.17) is 0 Å². The number of rotatable bonds is 4. The van der Waals surface area contributed by atoms with Crippen LogP contribution < -0.4 is 5.32 Å². The van der Waals surface area contributed by atoms with E-state index in [0.717, 1.165) is 12.3 Å². The van der Waals surface area contributed by atoms with Crippen LogP contribution in [-0.4, -0.2) is 12.0 Å². The molecule has 0 aromatic carbocycles. The minimum absolute atomic E-state index is 0.457. The highest BCUT2D eigenvalue weighted by atomic mass is 14.9. The van der Waals surface area contributed by atoms with Crippen LogP contribution in [0.25, 0.3) is 0 Å². The fraction of sp³-hybridized carbons (Fsp3) is 0.643. The lowest BCUT2D eigenvalue weighted by Gasteiger charge is -2.24. The lowest BCUT2D eigenvalue weighted by Crippen LogP contribution is -2.25. The summed E-state index contributed by atoms with van der Waals surface area (Å²) in [7, 11) is 2.07. The molecule has 1 atom stereocenters. The minimum atomic E-state index is 0.457. The van der Waals surface area contributed by atoms with Gasteiger partial charge >= 0.3 is 0 Å². The topological polar surface area (TPSA) is 24.9 Å². The first-order chi connectivity index (χ1) is 7.86. The highest BCUT2D eigenvalue weighted by Gasteiger charge is 2.27. The number of pyridine rings is 1. The third kappa shape index (κ3) is 2.27. The maximum absolute atomic E-state index is 4.60. The Morgan fingerprint density at radius 2 is 2.19 bits per heavy atom. The number of aryl methyl sites for hydroxylation is 1. The second-order valence-corrected chi connectivity index (χ2v) is 4.71. The molecule has 1 heterocycles. The molecule has 0 bridgehead atoms. The summed E-state index contributed by atoms with van der Waals surface area (Å²) < 4.78 is 0. The number of hydrogen-bond acceptors (Lipinski definition) is 2. The average Bonchev–Trinajstić information content (AvgIpc) is 2.84. The molecule has 1 aliphatic rings. The molecule has 0 amide bonds. The molecule has 2 rings (SSSR count). The van der Waals surface area contributed by atoms with Gasteiger partial charge in [0.15, 0.2) is 0 Å². The normalized spacial score (nSPS) is 18.9. The quantitative estimate of drug-likeness (QED) is 0.840. The largest absolute Gasteiger partial charge is 0.311 e. The van der Waals surface area contributed by atoms with Crippen molar-refractivity contribution in [2.75, 3.05) is 7.05 Å². The van der Waals surface area contributed by atoms with E-state index < -0.39 is 0 Å². The van der Waals surface area contributed by atoms with Crippen LogP contribution in [0.1, 0.15) is 49.9 Å². The van der Waals surface area contributed by atoms with Crippen molar-refractivity contribution in [3.8, 4) is 0 Å². The smallest absolute Gasteiger partial charge is 0.0607 e. The van der Waals surface area contributed by atoms with E-state index >= 15 is 0 Å². The molecule has 0 saturated heterocycles. The Labute approximate surface area is 98.5 Å². The fourth-order valence-corrected chi connectivity index (χ4v) is 2.92. The van der Waals surface area contributed by atoms with E-state index in [-0.39, 0.29) is 0 Å². The van der Waals surface area contributed by atoms with E-state index in [1.165, 1.54) is 36.9 Å². The minimum Gasteiger partial charge on any atom is -0.311 e. The van der Waals surface area contributed by atoms with Gasteiger partial charge in [-0.1, -0.05) is 25.8 Å². The standard InChI is InChI=1S/C14H22N2/c1-3-11-9-6-10-16-14(11)13(15-2)12-7-4-5-8-12/h6,9-10,12-13,15H,3-5,7-8H2,1-2H3. The van der Waals surface area contributed by atoms with Crippen molar-refractivity contribution in [3.05, 3.63) is 29.6 Å². The third-order valence-corrected chi connectivity index (χ3v) is 3.78. The van der Waals surface area contributed by atoms with Crippen molar-refractivity contribution in [2.45, 2.75) is 45.1 Å². The molecule has 0 aliphatic heterocycles. The van der Waals surface area contributed by atoms with Crippen LogP contribution in [-0.2, 0) is 6.42 Å². The first-order valence-corrected chi connectivity index (χ1v) is 6.47.